The molecule has 0 saturated carbocycles. The third-order valence-electron chi connectivity index (χ3n) is 3.30. The van der Waals surface area contributed by atoms with Gasteiger partial charge in [-0.1, -0.05) is 31.5 Å². The molecule has 0 atom stereocenters. The highest BCUT2D eigenvalue weighted by molar-refractivity contribution is 5.93. The Hall–Kier alpha value is -2.36. The lowest BCUT2D eigenvalue weighted by atomic mass is 10.1. The SMILES string of the molecule is CCCc1cc(N)nc(-c2c(C)oc3ccccc23)n1. The maximum absolute atomic E-state index is 5.91. The summed E-state index contributed by atoms with van der Waals surface area (Å²) in [5.74, 6) is 1.97. The van der Waals surface area contributed by atoms with Crippen LogP contribution in [-0.2, 0) is 6.42 Å². The van der Waals surface area contributed by atoms with Gasteiger partial charge in [-0.15, -0.1) is 0 Å². The van der Waals surface area contributed by atoms with E-state index in [1.165, 1.54) is 0 Å². The minimum atomic E-state index is 0.503. The molecule has 0 bridgehead atoms. The highest BCUT2D eigenvalue weighted by Crippen LogP contribution is 2.32. The molecule has 4 nitrogen and oxygen atoms in total. The van der Waals surface area contributed by atoms with Crippen molar-refractivity contribution < 1.29 is 4.42 Å². The maximum Gasteiger partial charge on any atom is 0.165 e. The van der Waals surface area contributed by atoms with Gasteiger partial charge in [0.2, 0.25) is 0 Å². The van der Waals surface area contributed by atoms with E-state index in [2.05, 4.69) is 16.9 Å². The number of fused-ring (bicyclic) bond motifs is 1. The van der Waals surface area contributed by atoms with Crippen LogP contribution in [0.25, 0.3) is 22.4 Å². The number of aromatic nitrogens is 2. The number of rotatable bonds is 3. The Labute approximate surface area is 117 Å². The van der Waals surface area contributed by atoms with E-state index in [-0.39, 0.29) is 0 Å². The van der Waals surface area contributed by atoms with Gasteiger partial charge in [0.15, 0.2) is 5.82 Å². The number of benzene rings is 1. The topological polar surface area (TPSA) is 64.9 Å². The van der Waals surface area contributed by atoms with Gasteiger partial charge in [0.05, 0.1) is 5.56 Å². The van der Waals surface area contributed by atoms with Crippen LogP contribution in [0.1, 0.15) is 24.8 Å². The molecule has 0 radical (unpaired) electrons. The second kappa shape index (κ2) is 4.96. The second-order valence-electron chi connectivity index (χ2n) is 4.89. The summed E-state index contributed by atoms with van der Waals surface area (Å²) in [6.07, 6.45) is 1.93. The molecule has 20 heavy (non-hydrogen) atoms. The Morgan fingerprint density at radius 3 is 2.80 bits per heavy atom. The molecule has 0 amide bonds. The van der Waals surface area contributed by atoms with E-state index in [0.29, 0.717) is 11.6 Å². The van der Waals surface area contributed by atoms with Crippen LogP contribution >= 0.6 is 0 Å². The molecule has 0 spiro atoms. The largest absolute Gasteiger partial charge is 0.461 e. The molecule has 1 aromatic carbocycles. The first-order valence-corrected chi connectivity index (χ1v) is 6.81. The van der Waals surface area contributed by atoms with Crippen LogP contribution in [0.5, 0.6) is 0 Å². The summed E-state index contributed by atoms with van der Waals surface area (Å²) in [6, 6.07) is 9.75. The average molecular weight is 267 g/mol. The zero-order valence-corrected chi connectivity index (χ0v) is 11.7. The molecule has 3 aromatic rings. The number of nitrogens with two attached hydrogens (primary N) is 1. The Balaban J connectivity index is 2.22. The van der Waals surface area contributed by atoms with E-state index in [1.807, 2.05) is 37.3 Å². The van der Waals surface area contributed by atoms with Gasteiger partial charge in [0.25, 0.3) is 0 Å². The van der Waals surface area contributed by atoms with Crippen LogP contribution in [0.15, 0.2) is 34.7 Å². The van der Waals surface area contributed by atoms with Gasteiger partial charge in [0.1, 0.15) is 17.2 Å². The highest BCUT2D eigenvalue weighted by atomic mass is 16.3. The summed E-state index contributed by atoms with van der Waals surface area (Å²) in [5.41, 5.74) is 8.67. The van der Waals surface area contributed by atoms with E-state index in [9.17, 15) is 0 Å². The summed E-state index contributed by atoms with van der Waals surface area (Å²) >= 11 is 0. The summed E-state index contributed by atoms with van der Waals surface area (Å²) in [6.45, 7) is 4.05. The Morgan fingerprint density at radius 2 is 2.00 bits per heavy atom. The van der Waals surface area contributed by atoms with Gasteiger partial charge < -0.3 is 10.2 Å². The molecule has 0 aliphatic carbocycles. The minimum Gasteiger partial charge on any atom is -0.461 e. The van der Waals surface area contributed by atoms with Crippen molar-refractivity contribution in [3.63, 3.8) is 0 Å². The van der Waals surface area contributed by atoms with Crippen molar-refractivity contribution in [1.29, 1.82) is 0 Å². The molecule has 4 heteroatoms. The first-order valence-electron chi connectivity index (χ1n) is 6.81. The molecule has 3 rings (SSSR count). The smallest absolute Gasteiger partial charge is 0.165 e. The number of nitrogens with zero attached hydrogens (tertiary/aromatic N) is 2. The fraction of sp³-hybridized carbons (Fsp3) is 0.250. The zero-order valence-electron chi connectivity index (χ0n) is 11.7. The normalized spacial score (nSPS) is 11.1. The Kier molecular flexibility index (Phi) is 3.14. The van der Waals surface area contributed by atoms with Crippen LogP contribution in [0, 0.1) is 6.92 Å². The lowest BCUT2D eigenvalue weighted by Gasteiger charge is -2.04. The summed E-state index contributed by atoms with van der Waals surface area (Å²) in [5, 5.41) is 1.03. The third kappa shape index (κ3) is 2.13. The van der Waals surface area contributed by atoms with Crippen LogP contribution in [-0.4, -0.2) is 9.97 Å². The van der Waals surface area contributed by atoms with Crippen molar-refractivity contribution in [1.82, 2.24) is 9.97 Å². The zero-order chi connectivity index (χ0) is 14.1. The molecule has 2 heterocycles. The van der Waals surface area contributed by atoms with Crippen molar-refractivity contribution in [3.8, 4) is 11.4 Å². The van der Waals surface area contributed by atoms with Crippen molar-refractivity contribution in [2.24, 2.45) is 0 Å². The molecule has 102 valence electrons. The summed E-state index contributed by atoms with van der Waals surface area (Å²) in [4.78, 5) is 9.00. The van der Waals surface area contributed by atoms with Gasteiger partial charge >= 0.3 is 0 Å². The van der Waals surface area contributed by atoms with E-state index in [0.717, 1.165) is 40.8 Å². The number of hydrogen-bond donors (Lipinski definition) is 1. The quantitative estimate of drug-likeness (QED) is 0.785. The molecular weight excluding hydrogens is 250 g/mol. The van der Waals surface area contributed by atoms with Gasteiger partial charge in [0, 0.05) is 17.1 Å². The van der Waals surface area contributed by atoms with E-state index < -0.39 is 0 Å². The Morgan fingerprint density at radius 1 is 1.20 bits per heavy atom. The lowest BCUT2D eigenvalue weighted by Crippen LogP contribution is -2.00. The maximum atomic E-state index is 5.91. The molecule has 0 aliphatic rings. The number of aryl methyl sites for hydroxylation is 2. The predicted molar refractivity (Wildman–Crippen MR) is 80.4 cm³/mol. The fourth-order valence-corrected chi connectivity index (χ4v) is 2.46. The van der Waals surface area contributed by atoms with Crippen molar-refractivity contribution in [2.45, 2.75) is 26.7 Å². The lowest BCUT2D eigenvalue weighted by molar-refractivity contribution is 0.579. The van der Waals surface area contributed by atoms with Crippen LogP contribution in [0.4, 0.5) is 5.82 Å². The standard InChI is InChI=1S/C16H17N3O/c1-3-6-11-9-14(17)19-16(18-11)15-10(2)20-13-8-5-4-7-12(13)15/h4-5,7-9H,3,6H2,1-2H3,(H2,17,18,19). The van der Waals surface area contributed by atoms with E-state index in [1.54, 1.807) is 0 Å². The predicted octanol–water partition coefficient (Wildman–Crippen LogP) is 3.73. The molecule has 2 N–H and O–H groups in total. The van der Waals surface area contributed by atoms with Crippen LogP contribution in [0.2, 0.25) is 0 Å². The fourth-order valence-electron chi connectivity index (χ4n) is 2.46. The summed E-state index contributed by atoms with van der Waals surface area (Å²) in [7, 11) is 0. The van der Waals surface area contributed by atoms with Gasteiger partial charge in [-0.3, -0.25) is 0 Å². The van der Waals surface area contributed by atoms with Gasteiger partial charge in [-0.2, -0.15) is 0 Å². The molecule has 0 saturated heterocycles. The number of para-hydroxylation sites is 1. The van der Waals surface area contributed by atoms with E-state index >= 15 is 0 Å². The van der Waals surface area contributed by atoms with E-state index in [4.69, 9.17) is 10.2 Å². The van der Waals surface area contributed by atoms with Crippen molar-refractivity contribution in [2.75, 3.05) is 5.73 Å². The van der Waals surface area contributed by atoms with Crippen molar-refractivity contribution in [3.05, 3.63) is 41.8 Å². The number of hydrogen-bond acceptors (Lipinski definition) is 4. The van der Waals surface area contributed by atoms with Crippen LogP contribution < -0.4 is 5.73 Å². The summed E-state index contributed by atoms with van der Waals surface area (Å²) < 4.78 is 5.77. The first kappa shape index (κ1) is 12.7. The van der Waals surface area contributed by atoms with Crippen LogP contribution in [0.3, 0.4) is 0 Å². The molecule has 0 unspecified atom stereocenters. The highest BCUT2D eigenvalue weighted by Gasteiger charge is 2.16. The third-order valence-corrected chi connectivity index (χ3v) is 3.30. The average Bonchev–Trinajstić information content (AvgIpc) is 2.74. The monoisotopic (exact) mass is 267 g/mol. The van der Waals surface area contributed by atoms with Gasteiger partial charge in [-0.05, 0) is 19.4 Å². The number of nitrogen functional groups attached to an aromatic ring is 1. The minimum absolute atomic E-state index is 0.503. The second-order valence-corrected chi connectivity index (χ2v) is 4.89. The number of furan rings is 1. The molecule has 2 aromatic heterocycles. The Bertz CT molecular complexity index is 762. The molecule has 0 fully saturated rings. The number of anilines is 1. The first-order chi connectivity index (χ1) is 9.69. The molecule has 0 aliphatic heterocycles. The molecular formula is C16H17N3O. The van der Waals surface area contributed by atoms with Gasteiger partial charge in [-0.25, -0.2) is 9.97 Å². The van der Waals surface area contributed by atoms with Crippen molar-refractivity contribution >= 4 is 16.8 Å².